The third-order valence-electron chi connectivity index (χ3n) is 7.34. The average molecular weight is 647 g/mol. The summed E-state index contributed by atoms with van der Waals surface area (Å²) in [5.74, 6) is 2.14. The molecule has 1 aromatic carbocycles. The third-order valence-corrected chi connectivity index (χ3v) is 8.34. The number of carbonyl (C=O) groups excluding carboxylic acids is 2. The molecular formula is C34H51FN4O5S. The maximum Gasteiger partial charge on any atom is 0.261 e. The van der Waals surface area contributed by atoms with Crippen molar-refractivity contribution in [2.24, 2.45) is 17.8 Å². The normalized spacial score (nSPS) is 12.5. The fourth-order valence-electron chi connectivity index (χ4n) is 4.63. The first-order chi connectivity index (χ1) is 21.6. The molecule has 0 saturated carbocycles. The molecule has 0 bridgehead atoms. The first-order valence-corrected chi connectivity index (χ1v) is 16.0. The summed E-state index contributed by atoms with van der Waals surface area (Å²) in [7, 11) is 4.70. The highest BCUT2D eigenvalue weighted by molar-refractivity contribution is 7.19. The molecule has 2 heterocycles. The van der Waals surface area contributed by atoms with Gasteiger partial charge in [0.05, 0.1) is 53.6 Å². The molecule has 0 aliphatic heterocycles. The zero-order valence-electron chi connectivity index (χ0n) is 28.1. The summed E-state index contributed by atoms with van der Waals surface area (Å²) in [6.07, 6.45) is 4.82. The molecule has 0 spiro atoms. The van der Waals surface area contributed by atoms with Crippen molar-refractivity contribution in [2.45, 2.75) is 60.3 Å². The molecule has 45 heavy (non-hydrogen) atoms. The van der Waals surface area contributed by atoms with Crippen LogP contribution >= 0.6 is 11.3 Å². The van der Waals surface area contributed by atoms with Gasteiger partial charge in [0.25, 0.3) is 11.8 Å². The average Bonchev–Trinajstić information content (AvgIpc) is 3.43. The summed E-state index contributed by atoms with van der Waals surface area (Å²) in [6, 6.07) is 4.91. The third kappa shape index (κ3) is 12.4. The molecule has 2 amide bonds. The number of pyridine rings is 1. The van der Waals surface area contributed by atoms with Crippen LogP contribution in [-0.4, -0.2) is 62.9 Å². The van der Waals surface area contributed by atoms with E-state index < -0.39 is 18.5 Å². The number of hydrogen-bond acceptors (Lipinski definition) is 8. The van der Waals surface area contributed by atoms with Crippen LogP contribution in [0.1, 0.15) is 79.1 Å². The number of unbranched alkanes of at least 4 members (excludes halogenated alkanes) is 1. The molecule has 0 aliphatic carbocycles. The van der Waals surface area contributed by atoms with E-state index in [1.165, 1.54) is 50.7 Å². The summed E-state index contributed by atoms with van der Waals surface area (Å²) in [6.45, 7) is 17.9. The van der Waals surface area contributed by atoms with Crippen LogP contribution in [0.3, 0.4) is 0 Å². The number of thiazole rings is 1. The Balaban J connectivity index is 0.000000611. The second-order valence-corrected chi connectivity index (χ2v) is 12.0. The van der Waals surface area contributed by atoms with E-state index in [0.29, 0.717) is 46.8 Å². The predicted molar refractivity (Wildman–Crippen MR) is 183 cm³/mol. The molecule has 3 atom stereocenters. The van der Waals surface area contributed by atoms with E-state index in [9.17, 15) is 14.0 Å². The number of alkyl halides is 1. The summed E-state index contributed by atoms with van der Waals surface area (Å²) in [5, 5.41) is 6.30. The molecule has 0 radical (unpaired) electrons. The van der Waals surface area contributed by atoms with Crippen molar-refractivity contribution in [3.05, 3.63) is 53.7 Å². The maximum atomic E-state index is 13.2. The lowest BCUT2D eigenvalue weighted by atomic mass is 9.86. The van der Waals surface area contributed by atoms with Crippen molar-refractivity contribution in [2.75, 3.05) is 46.5 Å². The summed E-state index contributed by atoms with van der Waals surface area (Å²) >= 11 is 1.38. The van der Waals surface area contributed by atoms with Crippen LogP contribution < -0.4 is 20.1 Å². The van der Waals surface area contributed by atoms with E-state index in [1.54, 1.807) is 19.2 Å². The van der Waals surface area contributed by atoms with Gasteiger partial charge in [0, 0.05) is 26.3 Å². The van der Waals surface area contributed by atoms with Crippen LogP contribution in [0.5, 0.6) is 11.6 Å². The maximum absolute atomic E-state index is 13.2. The Morgan fingerprint density at radius 1 is 1.04 bits per heavy atom. The lowest BCUT2D eigenvalue weighted by Gasteiger charge is -2.21. The number of halogens is 1. The second kappa shape index (κ2) is 21.2. The Bertz CT molecular complexity index is 1340. The van der Waals surface area contributed by atoms with E-state index in [4.69, 9.17) is 14.2 Å². The molecular weight excluding hydrogens is 595 g/mol. The molecule has 2 N–H and O–H groups in total. The Labute approximate surface area is 272 Å². The van der Waals surface area contributed by atoms with Crippen LogP contribution in [0.15, 0.2) is 37.6 Å². The van der Waals surface area contributed by atoms with E-state index >= 15 is 0 Å². The number of benzene rings is 1. The molecule has 250 valence electrons. The molecule has 11 heteroatoms. The number of methoxy groups -OCH3 is 3. The van der Waals surface area contributed by atoms with Gasteiger partial charge in [0.1, 0.15) is 11.3 Å². The van der Waals surface area contributed by atoms with Crippen LogP contribution in [-0.2, 0) is 4.74 Å². The van der Waals surface area contributed by atoms with Crippen LogP contribution in [0.2, 0.25) is 0 Å². The highest BCUT2D eigenvalue weighted by Gasteiger charge is 2.22. The molecule has 0 saturated heterocycles. The smallest absolute Gasteiger partial charge is 0.261 e. The lowest BCUT2D eigenvalue weighted by Crippen LogP contribution is -2.26. The summed E-state index contributed by atoms with van der Waals surface area (Å²) in [4.78, 5) is 34.4. The fraction of sp³-hybridized carbons (Fsp3) is 0.529. The number of nitrogens with one attached hydrogen (secondary N) is 2. The molecule has 9 nitrogen and oxygen atoms in total. The number of hydrogen-bond donors (Lipinski definition) is 2. The lowest BCUT2D eigenvalue weighted by molar-refractivity contribution is 0.0953. The van der Waals surface area contributed by atoms with Gasteiger partial charge in [-0.3, -0.25) is 14.0 Å². The van der Waals surface area contributed by atoms with Gasteiger partial charge < -0.3 is 24.8 Å². The van der Waals surface area contributed by atoms with Gasteiger partial charge >= 0.3 is 0 Å². The topological polar surface area (TPSA) is 112 Å². The highest BCUT2D eigenvalue weighted by atomic mass is 32.1. The number of aryl methyl sites for hydroxylation is 1. The SMILES string of the molecule is C=C.CCC(C)C(C)CC(C)COC.COc1cc(C(=O)NCCCCF)c(NC(=O)c2c(OC)ccc3nc(C)sc23)cn1. The highest BCUT2D eigenvalue weighted by Crippen LogP contribution is 2.33. The van der Waals surface area contributed by atoms with Gasteiger partial charge in [0.2, 0.25) is 5.88 Å². The number of nitrogens with zero attached hydrogens (tertiary/aromatic N) is 2. The Morgan fingerprint density at radius 3 is 2.36 bits per heavy atom. The van der Waals surface area contributed by atoms with Gasteiger partial charge in [0.15, 0.2) is 0 Å². The molecule has 0 aliphatic rings. The zero-order valence-corrected chi connectivity index (χ0v) is 28.9. The van der Waals surface area contributed by atoms with Gasteiger partial charge in [-0.25, -0.2) is 9.97 Å². The minimum Gasteiger partial charge on any atom is -0.496 e. The minimum absolute atomic E-state index is 0.187. The van der Waals surface area contributed by atoms with Gasteiger partial charge in [-0.05, 0) is 56.1 Å². The van der Waals surface area contributed by atoms with E-state index in [2.05, 4.69) is 61.5 Å². The Morgan fingerprint density at radius 2 is 1.76 bits per heavy atom. The summed E-state index contributed by atoms with van der Waals surface area (Å²) < 4.78 is 28.6. The minimum atomic E-state index is -0.454. The number of aromatic nitrogens is 2. The van der Waals surface area contributed by atoms with Gasteiger partial charge in [-0.2, -0.15) is 0 Å². The van der Waals surface area contributed by atoms with Crippen LogP contribution in [0.25, 0.3) is 10.2 Å². The van der Waals surface area contributed by atoms with Crippen molar-refractivity contribution >= 4 is 39.1 Å². The van der Waals surface area contributed by atoms with Crippen molar-refractivity contribution in [3.63, 3.8) is 0 Å². The fourth-order valence-corrected chi connectivity index (χ4v) is 5.58. The van der Waals surface area contributed by atoms with Crippen molar-refractivity contribution in [1.29, 1.82) is 0 Å². The number of anilines is 1. The van der Waals surface area contributed by atoms with Gasteiger partial charge in [-0.15, -0.1) is 24.5 Å². The van der Waals surface area contributed by atoms with Crippen molar-refractivity contribution in [3.8, 4) is 11.6 Å². The molecule has 3 unspecified atom stereocenters. The summed E-state index contributed by atoms with van der Waals surface area (Å²) in [5.41, 5.74) is 1.42. The predicted octanol–water partition coefficient (Wildman–Crippen LogP) is 7.89. The Hall–Kier alpha value is -3.57. The quantitative estimate of drug-likeness (QED) is 0.128. The first-order valence-electron chi connectivity index (χ1n) is 15.2. The number of carbonyl (C=O) groups is 2. The van der Waals surface area contributed by atoms with Crippen LogP contribution in [0.4, 0.5) is 10.1 Å². The molecule has 3 rings (SSSR count). The van der Waals surface area contributed by atoms with Crippen LogP contribution in [0, 0.1) is 24.7 Å². The molecule has 3 aromatic rings. The standard InChI is InChI=1S/C21H23FN4O4S.C11H24O.C2H4/c1-12-25-14-6-7-16(29-2)18(19(14)31-12)21(28)26-15-11-24-17(30-3)10-13(15)20(27)23-9-5-4-8-22;1-6-10(3)11(4)7-9(2)8-12-5;1-2/h6-7,10-11H,4-5,8-9H2,1-3H3,(H,23,27)(H,26,28);9-11H,6-8H2,1-5H3;1-2H2. The van der Waals surface area contributed by atoms with E-state index in [0.717, 1.165) is 23.5 Å². The molecule has 0 fully saturated rings. The molecule has 2 aromatic heterocycles. The van der Waals surface area contributed by atoms with Crippen molar-refractivity contribution < 1.29 is 28.2 Å². The number of rotatable bonds is 15. The number of fused-ring (bicyclic) bond motifs is 1. The number of amides is 2. The zero-order chi connectivity index (χ0) is 33.9. The van der Waals surface area contributed by atoms with Gasteiger partial charge in [-0.1, -0.05) is 34.1 Å². The number of ether oxygens (including phenoxy) is 3. The van der Waals surface area contributed by atoms with E-state index in [-0.39, 0.29) is 17.1 Å². The monoisotopic (exact) mass is 646 g/mol. The largest absolute Gasteiger partial charge is 0.496 e. The van der Waals surface area contributed by atoms with Crippen molar-refractivity contribution in [1.82, 2.24) is 15.3 Å². The van der Waals surface area contributed by atoms with E-state index in [1.807, 2.05) is 6.92 Å². The second-order valence-electron chi connectivity index (χ2n) is 10.8. The Kier molecular flexibility index (Phi) is 18.6. The first kappa shape index (κ1) is 39.5.